The minimum Gasteiger partial charge on any atom is -0.477 e. The van der Waals surface area contributed by atoms with E-state index in [0.29, 0.717) is 12.5 Å². The Bertz CT molecular complexity index is 443. The third-order valence-electron chi connectivity index (χ3n) is 2.86. The smallest absolute Gasteiger partial charge is 0.354 e. The predicted molar refractivity (Wildman–Crippen MR) is 70.9 cm³/mol. The van der Waals surface area contributed by atoms with Crippen molar-refractivity contribution in [3.05, 3.63) is 29.6 Å². The second kappa shape index (κ2) is 6.72. The van der Waals surface area contributed by atoms with E-state index in [0.717, 1.165) is 5.56 Å². The largest absolute Gasteiger partial charge is 0.477 e. The van der Waals surface area contributed by atoms with Gasteiger partial charge in [0.2, 0.25) is 0 Å². The minimum absolute atomic E-state index is 0.0124. The molecule has 0 fully saturated rings. The van der Waals surface area contributed by atoms with Crippen LogP contribution < -0.4 is 10.6 Å². The van der Waals surface area contributed by atoms with Crippen molar-refractivity contribution >= 4 is 12.0 Å². The van der Waals surface area contributed by atoms with E-state index in [1.807, 2.05) is 20.8 Å². The fraction of sp³-hybridized carbons (Fsp3) is 0.462. The number of hydrogen-bond acceptors (Lipinski definition) is 3. The summed E-state index contributed by atoms with van der Waals surface area (Å²) in [4.78, 5) is 26.0. The van der Waals surface area contributed by atoms with Gasteiger partial charge in [-0.3, -0.25) is 0 Å². The summed E-state index contributed by atoms with van der Waals surface area (Å²) in [6.07, 6.45) is 1.44. The summed E-state index contributed by atoms with van der Waals surface area (Å²) in [5.41, 5.74) is 0.735. The Labute approximate surface area is 112 Å². The highest BCUT2D eigenvalue weighted by Gasteiger charge is 2.10. The van der Waals surface area contributed by atoms with Gasteiger partial charge in [0.15, 0.2) is 0 Å². The third kappa shape index (κ3) is 4.95. The van der Waals surface area contributed by atoms with Crippen molar-refractivity contribution in [2.45, 2.75) is 33.4 Å². The Morgan fingerprint density at radius 2 is 2.00 bits per heavy atom. The Morgan fingerprint density at radius 1 is 1.32 bits per heavy atom. The second-order valence-electron chi connectivity index (χ2n) is 4.72. The van der Waals surface area contributed by atoms with Gasteiger partial charge in [0.05, 0.1) is 0 Å². The molecule has 1 atom stereocenters. The maximum atomic E-state index is 11.6. The summed E-state index contributed by atoms with van der Waals surface area (Å²) in [7, 11) is 0. The molecule has 0 saturated carbocycles. The SMILES string of the molecule is CC(C)C(C)NC(=O)NCc1ccc(C(=O)O)nc1. The average molecular weight is 265 g/mol. The van der Waals surface area contributed by atoms with Gasteiger partial charge in [-0.15, -0.1) is 0 Å². The van der Waals surface area contributed by atoms with Gasteiger partial charge in [-0.25, -0.2) is 14.6 Å². The lowest BCUT2D eigenvalue weighted by molar-refractivity contribution is 0.0690. The van der Waals surface area contributed by atoms with Crippen molar-refractivity contribution in [1.29, 1.82) is 0 Å². The van der Waals surface area contributed by atoms with Crippen molar-refractivity contribution in [1.82, 2.24) is 15.6 Å². The lowest BCUT2D eigenvalue weighted by atomic mass is 10.1. The fourth-order valence-electron chi connectivity index (χ4n) is 1.26. The molecule has 1 heterocycles. The number of amides is 2. The second-order valence-corrected chi connectivity index (χ2v) is 4.72. The van der Waals surface area contributed by atoms with Crippen LogP contribution in [-0.4, -0.2) is 28.1 Å². The molecule has 0 spiro atoms. The molecule has 0 aliphatic carbocycles. The maximum Gasteiger partial charge on any atom is 0.354 e. The van der Waals surface area contributed by atoms with Crippen molar-refractivity contribution < 1.29 is 14.7 Å². The molecule has 1 aromatic heterocycles. The number of pyridine rings is 1. The predicted octanol–water partition coefficient (Wildman–Crippen LogP) is 1.62. The van der Waals surface area contributed by atoms with E-state index in [2.05, 4.69) is 15.6 Å². The fourth-order valence-corrected chi connectivity index (χ4v) is 1.26. The van der Waals surface area contributed by atoms with Gasteiger partial charge in [-0.2, -0.15) is 0 Å². The summed E-state index contributed by atoms with van der Waals surface area (Å²) in [5, 5.41) is 14.2. The number of carboxylic acid groups (broad SMARTS) is 1. The Balaban J connectivity index is 2.44. The molecule has 0 aromatic carbocycles. The molecule has 1 rings (SSSR count). The van der Waals surface area contributed by atoms with Gasteiger partial charge in [0.1, 0.15) is 5.69 Å². The molecule has 2 amide bonds. The highest BCUT2D eigenvalue weighted by atomic mass is 16.4. The van der Waals surface area contributed by atoms with Crippen LogP contribution in [0.1, 0.15) is 36.8 Å². The van der Waals surface area contributed by atoms with E-state index >= 15 is 0 Å². The monoisotopic (exact) mass is 265 g/mol. The molecule has 0 aliphatic heterocycles. The lowest BCUT2D eigenvalue weighted by Crippen LogP contribution is -2.42. The van der Waals surface area contributed by atoms with Gasteiger partial charge in [0, 0.05) is 18.8 Å². The van der Waals surface area contributed by atoms with Crippen LogP contribution in [0.2, 0.25) is 0 Å². The first kappa shape index (κ1) is 14.9. The van der Waals surface area contributed by atoms with Gasteiger partial charge in [0.25, 0.3) is 0 Å². The van der Waals surface area contributed by atoms with Crippen molar-refractivity contribution in [2.24, 2.45) is 5.92 Å². The molecule has 0 radical (unpaired) electrons. The van der Waals surface area contributed by atoms with Crippen LogP contribution in [0.15, 0.2) is 18.3 Å². The molecule has 104 valence electrons. The molecule has 1 aromatic rings. The highest BCUT2D eigenvalue weighted by molar-refractivity contribution is 5.85. The molecule has 3 N–H and O–H groups in total. The molecule has 19 heavy (non-hydrogen) atoms. The van der Waals surface area contributed by atoms with Crippen LogP contribution >= 0.6 is 0 Å². The minimum atomic E-state index is -1.07. The van der Waals surface area contributed by atoms with Crippen molar-refractivity contribution in [3.63, 3.8) is 0 Å². The van der Waals surface area contributed by atoms with Crippen LogP contribution in [0.25, 0.3) is 0 Å². The molecule has 0 bridgehead atoms. The molecule has 1 unspecified atom stereocenters. The van der Waals surface area contributed by atoms with Crippen LogP contribution in [-0.2, 0) is 6.54 Å². The number of hydrogen-bond donors (Lipinski definition) is 3. The number of aromatic carboxylic acids is 1. The Morgan fingerprint density at radius 3 is 2.47 bits per heavy atom. The number of aromatic nitrogens is 1. The number of carbonyl (C=O) groups excluding carboxylic acids is 1. The van der Waals surface area contributed by atoms with E-state index in [-0.39, 0.29) is 17.8 Å². The van der Waals surface area contributed by atoms with E-state index < -0.39 is 5.97 Å². The van der Waals surface area contributed by atoms with Crippen molar-refractivity contribution in [2.75, 3.05) is 0 Å². The maximum absolute atomic E-state index is 11.6. The van der Waals surface area contributed by atoms with Crippen molar-refractivity contribution in [3.8, 4) is 0 Å². The third-order valence-corrected chi connectivity index (χ3v) is 2.86. The highest BCUT2D eigenvalue weighted by Crippen LogP contribution is 2.01. The zero-order valence-corrected chi connectivity index (χ0v) is 11.3. The molecular formula is C13H19N3O3. The molecule has 6 nitrogen and oxygen atoms in total. The van der Waals surface area contributed by atoms with Gasteiger partial charge in [-0.05, 0) is 24.5 Å². The Kier molecular flexibility index (Phi) is 5.29. The summed E-state index contributed by atoms with van der Waals surface area (Å²) in [6, 6.07) is 2.88. The van der Waals surface area contributed by atoms with Crippen LogP contribution in [0.3, 0.4) is 0 Å². The topological polar surface area (TPSA) is 91.3 Å². The standard InChI is InChI=1S/C13H19N3O3/c1-8(2)9(3)16-13(19)15-7-10-4-5-11(12(17)18)14-6-10/h4-6,8-9H,7H2,1-3H3,(H,17,18)(H2,15,16,19). The Hall–Kier alpha value is -2.11. The lowest BCUT2D eigenvalue weighted by Gasteiger charge is -2.17. The zero-order valence-electron chi connectivity index (χ0n) is 11.3. The van der Waals surface area contributed by atoms with E-state index in [1.165, 1.54) is 12.3 Å². The number of rotatable bonds is 5. The molecule has 0 saturated heterocycles. The first-order valence-electron chi connectivity index (χ1n) is 6.12. The van der Waals surface area contributed by atoms with E-state index in [9.17, 15) is 9.59 Å². The van der Waals surface area contributed by atoms with Gasteiger partial charge < -0.3 is 15.7 Å². The first-order chi connectivity index (χ1) is 8.90. The first-order valence-corrected chi connectivity index (χ1v) is 6.12. The number of urea groups is 1. The number of nitrogens with one attached hydrogen (secondary N) is 2. The summed E-state index contributed by atoms with van der Waals surface area (Å²) in [6.45, 7) is 6.30. The summed E-state index contributed by atoms with van der Waals surface area (Å²) < 4.78 is 0. The van der Waals surface area contributed by atoms with Crippen LogP contribution in [0.5, 0.6) is 0 Å². The van der Waals surface area contributed by atoms with Gasteiger partial charge >= 0.3 is 12.0 Å². The number of carbonyl (C=O) groups is 2. The quantitative estimate of drug-likeness (QED) is 0.754. The van der Waals surface area contributed by atoms with E-state index in [4.69, 9.17) is 5.11 Å². The van der Waals surface area contributed by atoms with Crippen LogP contribution in [0, 0.1) is 5.92 Å². The molecule has 0 aliphatic rings. The zero-order chi connectivity index (χ0) is 14.4. The molecular weight excluding hydrogens is 246 g/mol. The van der Waals surface area contributed by atoms with Gasteiger partial charge in [-0.1, -0.05) is 19.9 Å². The number of carboxylic acids is 1. The average Bonchev–Trinajstić information content (AvgIpc) is 2.36. The molecule has 6 heteroatoms. The summed E-state index contributed by atoms with van der Waals surface area (Å²) in [5.74, 6) is -0.703. The number of nitrogens with zero attached hydrogens (tertiary/aromatic N) is 1. The summed E-state index contributed by atoms with van der Waals surface area (Å²) >= 11 is 0. The normalized spacial score (nSPS) is 12.0. The van der Waals surface area contributed by atoms with E-state index in [1.54, 1.807) is 6.07 Å². The van der Waals surface area contributed by atoms with Crippen LogP contribution in [0.4, 0.5) is 4.79 Å².